The van der Waals surface area contributed by atoms with Gasteiger partial charge in [0.2, 0.25) is 5.13 Å². The minimum atomic E-state index is -0.540. The van der Waals surface area contributed by atoms with Crippen LogP contribution in [-0.2, 0) is 6.42 Å². The van der Waals surface area contributed by atoms with Crippen molar-refractivity contribution in [3.05, 3.63) is 68.1 Å². The number of hydrogen-bond donors (Lipinski definition) is 1. The van der Waals surface area contributed by atoms with Crippen LogP contribution in [0, 0.1) is 0 Å². The number of imide groups is 1. The molecule has 0 atom stereocenters. The maximum Gasteiger partial charge on any atom is 0.266 e. The monoisotopic (exact) mass is 446 g/mol. The van der Waals surface area contributed by atoms with Crippen molar-refractivity contribution in [2.75, 3.05) is 10.2 Å². The van der Waals surface area contributed by atoms with E-state index in [-0.39, 0.29) is 21.7 Å². The van der Waals surface area contributed by atoms with Crippen LogP contribution in [0.5, 0.6) is 0 Å². The normalized spacial score (nSPS) is 13.0. The van der Waals surface area contributed by atoms with Crippen LogP contribution in [0.4, 0.5) is 10.8 Å². The van der Waals surface area contributed by atoms with Gasteiger partial charge in [0.05, 0.1) is 26.9 Å². The minimum Gasteiger partial charge on any atom is -0.296 e. The van der Waals surface area contributed by atoms with Crippen molar-refractivity contribution in [3.63, 3.8) is 0 Å². The van der Waals surface area contributed by atoms with Crippen molar-refractivity contribution in [2.24, 2.45) is 0 Å². The average molecular weight is 447 g/mol. The summed E-state index contributed by atoms with van der Waals surface area (Å²) in [6, 6.07) is 8.82. The van der Waals surface area contributed by atoms with E-state index in [0.29, 0.717) is 22.3 Å². The summed E-state index contributed by atoms with van der Waals surface area (Å²) in [6.45, 7) is 1.94. The number of fused-ring (bicyclic) bond motifs is 1. The van der Waals surface area contributed by atoms with Crippen molar-refractivity contribution in [3.8, 4) is 0 Å². The van der Waals surface area contributed by atoms with Crippen LogP contribution < -0.4 is 10.2 Å². The van der Waals surface area contributed by atoms with E-state index >= 15 is 0 Å². The first-order chi connectivity index (χ1) is 13.9. The summed E-state index contributed by atoms with van der Waals surface area (Å²) in [5, 5.41) is 12.2. The Morgan fingerprint density at radius 3 is 2.48 bits per heavy atom. The molecule has 0 aliphatic carbocycles. The molecule has 1 N–H and O–H groups in total. The van der Waals surface area contributed by atoms with E-state index in [4.69, 9.17) is 23.2 Å². The summed E-state index contributed by atoms with van der Waals surface area (Å²) in [7, 11) is 0. The molecule has 1 aliphatic heterocycles. The molecule has 10 heteroatoms. The molecule has 0 saturated carbocycles. The van der Waals surface area contributed by atoms with Gasteiger partial charge in [-0.2, -0.15) is 0 Å². The van der Waals surface area contributed by atoms with Gasteiger partial charge in [0.25, 0.3) is 17.7 Å². The van der Waals surface area contributed by atoms with E-state index in [1.807, 2.05) is 6.92 Å². The number of anilines is 2. The van der Waals surface area contributed by atoms with Gasteiger partial charge in [-0.3, -0.25) is 19.7 Å². The SMILES string of the molecule is CCc1nnc(NC(=O)c2ccc3c(c2)C(=O)N(c2ccc(Cl)c(Cl)c2)C3=O)s1. The Hall–Kier alpha value is -2.81. The zero-order chi connectivity index (χ0) is 20.7. The third kappa shape index (κ3) is 3.50. The number of halogens is 2. The van der Waals surface area contributed by atoms with E-state index in [9.17, 15) is 14.4 Å². The van der Waals surface area contributed by atoms with Crippen molar-refractivity contribution in [1.29, 1.82) is 0 Å². The molecule has 1 aliphatic rings. The lowest BCUT2D eigenvalue weighted by Crippen LogP contribution is -2.29. The van der Waals surface area contributed by atoms with Crippen molar-refractivity contribution in [1.82, 2.24) is 10.2 Å². The smallest absolute Gasteiger partial charge is 0.266 e. The fraction of sp³-hybridized carbons (Fsp3) is 0.105. The number of carbonyl (C=O) groups is 3. The van der Waals surface area contributed by atoms with Crippen molar-refractivity contribution in [2.45, 2.75) is 13.3 Å². The zero-order valence-electron chi connectivity index (χ0n) is 14.9. The van der Waals surface area contributed by atoms with Gasteiger partial charge in [-0.1, -0.05) is 41.5 Å². The first-order valence-electron chi connectivity index (χ1n) is 8.50. The molecule has 3 aromatic rings. The number of hydrogen-bond acceptors (Lipinski definition) is 6. The lowest BCUT2D eigenvalue weighted by molar-refractivity contribution is 0.0925. The quantitative estimate of drug-likeness (QED) is 0.597. The molecule has 2 aromatic carbocycles. The van der Waals surface area contributed by atoms with E-state index < -0.39 is 17.7 Å². The highest BCUT2D eigenvalue weighted by molar-refractivity contribution is 7.15. The van der Waals surface area contributed by atoms with Gasteiger partial charge >= 0.3 is 0 Å². The molecule has 4 rings (SSSR count). The molecule has 29 heavy (non-hydrogen) atoms. The van der Waals surface area contributed by atoms with E-state index in [0.717, 1.165) is 9.91 Å². The summed E-state index contributed by atoms with van der Waals surface area (Å²) < 4.78 is 0. The maximum atomic E-state index is 12.9. The number of rotatable bonds is 4. The summed E-state index contributed by atoms with van der Waals surface area (Å²) in [6.07, 6.45) is 0.716. The van der Waals surface area contributed by atoms with Gasteiger partial charge in [0.1, 0.15) is 5.01 Å². The van der Waals surface area contributed by atoms with Crippen LogP contribution in [0.1, 0.15) is 43.0 Å². The zero-order valence-corrected chi connectivity index (χ0v) is 17.2. The van der Waals surface area contributed by atoms with Gasteiger partial charge in [-0.05, 0) is 42.8 Å². The molecular weight excluding hydrogens is 435 g/mol. The Morgan fingerprint density at radius 2 is 1.79 bits per heavy atom. The fourth-order valence-electron chi connectivity index (χ4n) is 2.86. The molecule has 146 valence electrons. The Bertz CT molecular complexity index is 1180. The molecular formula is C19H12Cl2N4O3S. The number of benzene rings is 2. The van der Waals surface area contributed by atoms with Crippen LogP contribution in [0.25, 0.3) is 0 Å². The van der Waals surface area contributed by atoms with Gasteiger partial charge < -0.3 is 0 Å². The molecule has 1 aromatic heterocycles. The highest BCUT2D eigenvalue weighted by Gasteiger charge is 2.37. The molecule has 0 unspecified atom stereocenters. The highest BCUT2D eigenvalue weighted by atomic mass is 35.5. The van der Waals surface area contributed by atoms with E-state index in [1.54, 1.807) is 0 Å². The van der Waals surface area contributed by atoms with Crippen molar-refractivity contribution < 1.29 is 14.4 Å². The van der Waals surface area contributed by atoms with Gasteiger partial charge in [0, 0.05) is 5.56 Å². The standard InChI is InChI=1S/C19H12Cl2N4O3S/c1-2-15-23-24-19(29-15)22-16(26)9-3-5-11-12(7-9)18(28)25(17(11)27)10-4-6-13(20)14(21)8-10/h3-8H,2H2,1H3,(H,22,24,26). The number of nitrogens with one attached hydrogen (secondary N) is 1. The lowest BCUT2D eigenvalue weighted by atomic mass is 10.1. The number of amides is 3. The summed E-state index contributed by atoms with van der Waals surface area (Å²) in [5.74, 6) is -1.48. The number of aromatic nitrogens is 2. The predicted octanol–water partition coefficient (Wildman–Crippen LogP) is 4.46. The molecule has 0 saturated heterocycles. The third-order valence-electron chi connectivity index (χ3n) is 4.30. The third-order valence-corrected chi connectivity index (χ3v) is 6.02. The average Bonchev–Trinajstić information content (AvgIpc) is 3.26. The summed E-state index contributed by atoms with van der Waals surface area (Å²) >= 11 is 13.2. The Morgan fingerprint density at radius 1 is 1.03 bits per heavy atom. The van der Waals surface area contributed by atoms with Crippen LogP contribution in [0.15, 0.2) is 36.4 Å². The first kappa shape index (κ1) is 19.5. The molecule has 0 bridgehead atoms. The predicted molar refractivity (Wildman–Crippen MR) is 111 cm³/mol. The van der Waals surface area contributed by atoms with Gasteiger partial charge in [-0.15, -0.1) is 10.2 Å². The van der Waals surface area contributed by atoms with Crippen LogP contribution in [0.3, 0.4) is 0 Å². The Labute approximate surface area is 179 Å². The van der Waals surface area contributed by atoms with Crippen LogP contribution in [0.2, 0.25) is 10.0 Å². The van der Waals surface area contributed by atoms with E-state index in [2.05, 4.69) is 15.5 Å². The van der Waals surface area contributed by atoms with Crippen LogP contribution >= 0.6 is 34.5 Å². The second-order valence-electron chi connectivity index (χ2n) is 6.11. The van der Waals surface area contributed by atoms with Crippen molar-refractivity contribution >= 4 is 63.1 Å². The number of nitrogens with zero attached hydrogens (tertiary/aromatic N) is 3. The molecule has 0 spiro atoms. The lowest BCUT2D eigenvalue weighted by Gasteiger charge is -2.14. The van der Waals surface area contributed by atoms with Gasteiger partial charge in [-0.25, -0.2) is 4.90 Å². The Kier molecular flexibility index (Phi) is 5.08. The second kappa shape index (κ2) is 7.55. The van der Waals surface area contributed by atoms with Crippen LogP contribution in [-0.4, -0.2) is 27.9 Å². The van der Waals surface area contributed by atoms with E-state index in [1.165, 1.54) is 47.7 Å². The molecule has 7 nitrogen and oxygen atoms in total. The Balaban J connectivity index is 1.62. The topological polar surface area (TPSA) is 92.3 Å². The summed E-state index contributed by atoms with van der Waals surface area (Å²) in [4.78, 5) is 39.1. The molecule has 2 heterocycles. The molecule has 3 amide bonds. The van der Waals surface area contributed by atoms with Gasteiger partial charge in [0.15, 0.2) is 0 Å². The minimum absolute atomic E-state index is 0.139. The fourth-order valence-corrected chi connectivity index (χ4v) is 3.82. The maximum absolute atomic E-state index is 12.9. The molecule has 0 radical (unpaired) electrons. The summed E-state index contributed by atoms with van der Waals surface area (Å²) in [5.41, 5.74) is 0.883. The molecule has 0 fully saturated rings. The first-order valence-corrected chi connectivity index (χ1v) is 10.1. The largest absolute Gasteiger partial charge is 0.296 e. The highest BCUT2D eigenvalue weighted by Crippen LogP contribution is 2.33. The number of aryl methyl sites for hydroxylation is 1. The second-order valence-corrected chi connectivity index (χ2v) is 7.99. The number of carbonyl (C=O) groups excluding carboxylic acids is 3.